The molecule has 0 saturated carbocycles. The van der Waals surface area contributed by atoms with E-state index >= 15 is 0 Å². The van der Waals surface area contributed by atoms with E-state index in [9.17, 15) is 48.4 Å². The fraction of sp³-hybridized carbons (Fsp3) is 0.365. The molecule has 6 aliphatic heterocycles. The minimum absolute atomic E-state index is 0.0137. The van der Waals surface area contributed by atoms with Crippen molar-refractivity contribution in [2.45, 2.75) is 157 Å². The SMILES string of the molecule is Cc1ccc(C#Cc2ccc(-c3c(CNS(=O)(=O)N4CCC(C)(C)CC4)c(C(=O)NN4CCCCC4)nn3-c3ccc(Cl)cc3Cl)s2)cc1.Cc1ccc(C#Cc2ccc(-c3c(CNS(=O)(=O)N4CCC(C)C4)c(C(=O)NN4CCCCC4)nn3-c3ccc(Cl)cc3Cl)s2)cc1.Cc1ccc(C#Cc2ccc(-c3c(CNS(=O)(=O)N4CCC(F)(F)CC4)c(C(=O)NN4CCCCC4)nn3-c3ccc(Cl)cc3Cl)s2)cc1. The summed E-state index contributed by atoms with van der Waals surface area (Å²) in [6, 6.07) is 50.1. The highest BCUT2D eigenvalue weighted by Gasteiger charge is 2.41. The Labute approximate surface area is 887 Å². The van der Waals surface area contributed by atoms with Crippen LogP contribution in [-0.2, 0) is 50.3 Å². The minimum atomic E-state index is -4.20. The highest BCUT2D eigenvalue weighted by Crippen LogP contribution is 2.43. The van der Waals surface area contributed by atoms with Crippen LogP contribution in [0.15, 0.2) is 164 Å². The summed E-state index contributed by atoms with van der Waals surface area (Å²) < 4.78 is 126. The number of nitrogens with zero attached hydrogens (tertiary/aromatic N) is 12. The number of hydrogen-bond donors (Lipinski definition) is 6. The summed E-state index contributed by atoms with van der Waals surface area (Å²) >= 11 is 43.1. The molecule has 0 aliphatic carbocycles. The van der Waals surface area contributed by atoms with E-state index in [1.807, 2.05) is 152 Å². The number of rotatable bonds is 24. The molecule has 6 aromatic carbocycles. The van der Waals surface area contributed by atoms with Gasteiger partial charge in [-0.3, -0.25) is 30.7 Å². The molecule has 6 aliphatic rings. The van der Waals surface area contributed by atoms with Crippen LogP contribution in [0.3, 0.4) is 0 Å². The van der Waals surface area contributed by atoms with Crippen molar-refractivity contribution < 1.29 is 48.4 Å². The van der Waals surface area contributed by atoms with Crippen molar-refractivity contribution in [2.24, 2.45) is 11.3 Å². The van der Waals surface area contributed by atoms with Crippen molar-refractivity contribution in [3.8, 4) is 84.3 Å². The molecule has 0 spiro atoms. The van der Waals surface area contributed by atoms with Crippen LogP contribution >= 0.6 is 104 Å². The van der Waals surface area contributed by atoms with E-state index in [1.165, 1.54) is 47.3 Å². The number of nitrogens with one attached hydrogen (secondary N) is 6. The third-order valence-corrected chi connectivity index (χ3v) is 35.0. The number of carbonyl (C=O) groups is 3. The van der Waals surface area contributed by atoms with Crippen LogP contribution in [0.1, 0.15) is 207 Å². The molecule has 0 bridgehead atoms. The lowest BCUT2D eigenvalue weighted by atomic mass is 9.83. The molecule has 145 heavy (non-hydrogen) atoms. The van der Waals surface area contributed by atoms with Gasteiger partial charge in [0, 0.05) is 159 Å². The van der Waals surface area contributed by atoms with Crippen LogP contribution in [0.5, 0.6) is 0 Å². The second-order valence-corrected chi connectivity index (χ2v) is 48.5. The molecule has 762 valence electrons. The van der Waals surface area contributed by atoms with Crippen LogP contribution in [0, 0.1) is 67.6 Å². The largest absolute Gasteiger partial charge is 0.286 e. The Hall–Kier alpha value is -9.77. The Morgan fingerprint density at radius 3 is 0.952 bits per heavy atom. The Balaban J connectivity index is 0.000000156. The maximum Gasteiger partial charge on any atom is 0.286 e. The molecule has 1 atom stereocenters. The molecular formula is C104H110Cl6F2N18O9S6. The highest BCUT2D eigenvalue weighted by molar-refractivity contribution is 7.87. The van der Waals surface area contributed by atoms with Gasteiger partial charge in [-0.05, 0) is 217 Å². The molecule has 6 aromatic heterocycles. The van der Waals surface area contributed by atoms with E-state index in [2.05, 4.69) is 79.8 Å². The summed E-state index contributed by atoms with van der Waals surface area (Å²) in [6.07, 6.45) is 10.2. The molecule has 41 heteroatoms. The van der Waals surface area contributed by atoms with E-state index in [-0.39, 0.29) is 71.7 Å². The van der Waals surface area contributed by atoms with Gasteiger partial charge in [0.15, 0.2) is 17.1 Å². The topological polar surface area (TPSA) is 299 Å². The Kier molecular flexibility index (Phi) is 35.6. The van der Waals surface area contributed by atoms with Gasteiger partial charge in [0.2, 0.25) is 0 Å². The van der Waals surface area contributed by atoms with E-state index in [1.54, 1.807) is 64.0 Å². The number of carbonyl (C=O) groups excluding carboxylic acids is 3. The van der Waals surface area contributed by atoms with E-state index in [4.69, 9.17) is 84.9 Å². The molecule has 6 N–H and O–H groups in total. The van der Waals surface area contributed by atoms with Gasteiger partial charge >= 0.3 is 0 Å². The summed E-state index contributed by atoms with van der Waals surface area (Å²) in [4.78, 5) is 46.3. The molecule has 1 unspecified atom stereocenters. The lowest BCUT2D eigenvalue weighted by Gasteiger charge is -2.36. The number of aromatic nitrogens is 6. The predicted molar refractivity (Wildman–Crippen MR) is 574 cm³/mol. The highest BCUT2D eigenvalue weighted by atomic mass is 35.5. The van der Waals surface area contributed by atoms with Crippen LogP contribution in [0.4, 0.5) is 8.78 Å². The van der Waals surface area contributed by atoms with Crippen molar-refractivity contribution in [1.82, 2.24) is 87.7 Å². The fourth-order valence-corrected chi connectivity index (χ4v) is 25.3. The van der Waals surface area contributed by atoms with Gasteiger partial charge in [-0.25, -0.2) is 37.9 Å². The van der Waals surface area contributed by atoms with E-state index in [0.717, 1.165) is 165 Å². The quantitative estimate of drug-likeness (QED) is 0.0307. The second kappa shape index (κ2) is 47.8. The normalized spacial score (nSPS) is 17.1. The number of aryl methyl sites for hydroxylation is 3. The third-order valence-electron chi connectivity index (χ3n) is 25.7. The summed E-state index contributed by atoms with van der Waals surface area (Å²) in [5.41, 5.74) is 19.4. The molecule has 6 fully saturated rings. The first-order chi connectivity index (χ1) is 69.3. The minimum Gasteiger partial charge on any atom is -0.283 e. The summed E-state index contributed by atoms with van der Waals surface area (Å²) in [7, 11) is -11.9. The lowest BCUT2D eigenvalue weighted by molar-refractivity contribution is -0.0413. The molecule has 0 radical (unpaired) electrons. The number of hydrazine groups is 3. The number of thiophene rings is 3. The van der Waals surface area contributed by atoms with Crippen LogP contribution in [-0.4, -0.2) is 185 Å². The summed E-state index contributed by atoms with van der Waals surface area (Å²) in [6.45, 7) is 17.1. The number of alkyl halides is 2. The van der Waals surface area contributed by atoms with Crippen LogP contribution in [0.25, 0.3) is 48.8 Å². The van der Waals surface area contributed by atoms with Gasteiger partial charge in [0.05, 0.1) is 78.5 Å². The summed E-state index contributed by atoms with van der Waals surface area (Å²) in [5.74, 6) is 15.3. The Morgan fingerprint density at radius 2 is 0.669 bits per heavy atom. The zero-order chi connectivity index (χ0) is 103. The fourth-order valence-electron chi connectivity index (χ4n) is 17.4. The average Bonchev–Trinajstić information content (AvgIpc) is 1.61. The smallest absolute Gasteiger partial charge is 0.283 e. The number of halogens is 8. The Bertz CT molecular complexity index is 7020. The number of hydrogen-bond acceptors (Lipinski definition) is 18. The zero-order valence-electron chi connectivity index (χ0n) is 80.7. The molecular weight excluding hydrogens is 2090 g/mol. The monoisotopic (exact) mass is 2190 g/mol. The third kappa shape index (κ3) is 27.9. The second-order valence-electron chi connectivity index (χ2n) is 37.4. The van der Waals surface area contributed by atoms with Crippen molar-refractivity contribution in [3.05, 3.63) is 276 Å². The first-order valence-electron chi connectivity index (χ1n) is 47.9. The average molecular weight is 2200 g/mol. The van der Waals surface area contributed by atoms with Gasteiger partial charge in [-0.1, -0.05) is 198 Å². The molecule has 6 saturated heterocycles. The van der Waals surface area contributed by atoms with Crippen molar-refractivity contribution in [2.75, 3.05) is 78.5 Å². The van der Waals surface area contributed by atoms with Gasteiger partial charge < -0.3 is 0 Å². The number of piperidine rings is 5. The van der Waals surface area contributed by atoms with Gasteiger partial charge in [-0.2, -0.15) is 67.6 Å². The van der Waals surface area contributed by atoms with Gasteiger partial charge in [0.25, 0.3) is 54.3 Å². The van der Waals surface area contributed by atoms with Gasteiger partial charge in [0.1, 0.15) is 0 Å². The lowest BCUT2D eigenvalue weighted by Crippen LogP contribution is -2.47. The predicted octanol–water partition coefficient (Wildman–Crippen LogP) is 20.4. The summed E-state index contributed by atoms with van der Waals surface area (Å²) in [5, 5.41) is 22.2. The molecule has 12 heterocycles. The molecule has 3 amide bonds. The van der Waals surface area contributed by atoms with Crippen molar-refractivity contribution in [3.63, 3.8) is 0 Å². The van der Waals surface area contributed by atoms with Crippen LogP contribution in [0.2, 0.25) is 30.1 Å². The standard InChI is InChI=1S/C36H40Cl2N6O3S2.C34H34Cl2F2N6O3S2.C34H36Cl2N6O3S2/c1-25-7-9-26(10-8-25)11-13-28-14-16-32(48-28)34-29(24-39-49(46,47)43-21-17-36(2,3)18-22-43)33(35(45)41-42-19-5-4-6-20-42)40-44(34)31-15-12-27(37)23-30(31)38;1-23-5-7-24(8-6-23)9-11-26-12-14-30(48-26)32-27(22-39-49(46,47)43-19-15-34(37,38)16-20-43)31(33(45)41-42-17-3-2-4-18-42)40-44(32)29-13-10-25(35)21-28(29)36;1-23-6-8-25(9-7-23)10-12-27-13-15-31(46-27)33-28(21-37-47(44,45)41-19-16-24(2)22-41)32(34(43)39-40-17-4-3-5-18-40)38-42(33)30-14-11-26(35)20-29(30)36/h7-10,12,14-16,23,39H,4-6,17-22,24H2,1-3H3,(H,41,45);5-8,10,12-14,21,39H,2-4,15-20,22H2,1H3,(H,41,45);6-9,11,13-15,20,24,37H,3-5,16-19,21-22H2,1-2H3,(H,39,43). The van der Waals surface area contributed by atoms with Crippen molar-refractivity contribution >= 4 is 152 Å². The number of benzene rings is 6. The number of amides is 3. The molecule has 27 nitrogen and oxygen atoms in total. The van der Waals surface area contributed by atoms with Gasteiger partial charge in [-0.15, -0.1) is 34.0 Å². The Morgan fingerprint density at radius 1 is 0.379 bits per heavy atom. The van der Waals surface area contributed by atoms with Crippen molar-refractivity contribution in [1.29, 1.82) is 0 Å². The molecule has 18 rings (SSSR count). The maximum absolute atomic E-state index is 14.0. The zero-order valence-corrected chi connectivity index (χ0v) is 90.1. The van der Waals surface area contributed by atoms with E-state index < -0.39 is 67.1 Å². The van der Waals surface area contributed by atoms with E-state index in [0.29, 0.717) is 115 Å². The first-order valence-corrected chi connectivity index (χ1v) is 57.0. The maximum atomic E-state index is 14.0. The first kappa shape index (κ1) is 108. The molecule has 12 aromatic rings. The van der Waals surface area contributed by atoms with Crippen LogP contribution < -0.4 is 30.4 Å².